The predicted octanol–water partition coefficient (Wildman–Crippen LogP) is 4.01. The van der Waals surface area contributed by atoms with Gasteiger partial charge in [0.2, 0.25) is 0 Å². The van der Waals surface area contributed by atoms with Crippen LogP contribution in [0.5, 0.6) is 0 Å². The van der Waals surface area contributed by atoms with Gasteiger partial charge in [0.05, 0.1) is 19.6 Å². The molecule has 27 heavy (non-hydrogen) atoms. The van der Waals surface area contributed by atoms with Gasteiger partial charge < -0.3 is 0 Å². The number of aromatic nitrogens is 3. The maximum Gasteiger partial charge on any atom is 0.277 e. The molecule has 0 saturated carbocycles. The van der Waals surface area contributed by atoms with E-state index in [1.807, 2.05) is 0 Å². The molecule has 0 spiro atoms. The van der Waals surface area contributed by atoms with Crippen LogP contribution in [-0.2, 0) is 9.84 Å². The van der Waals surface area contributed by atoms with Gasteiger partial charge in [0, 0.05) is 18.2 Å². The highest BCUT2D eigenvalue weighted by Gasteiger charge is 2.17. The fourth-order valence-corrected chi connectivity index (χ4v) is 4.78. The molecule has 0 radical (unpaired) electrons. The van der Waals surface area contributed by atoms with E-state index in [-0.39, 0.29) is 10.6 Å². The number of amides is 1. The maximum absolute atomic E-state index is 12.6. The van der Waals surface area contributed by atoms with E-state index >= 15 is 0 Å². The number of carbonyl (C=O) groups is 1. The van der Waals surface area contributed by atoms with E-state index < -0.39 is 15.7 Å². The minimum atomic E-state index is -3.30. The predicted molar refractivity (Wildman–Crippen MR) is 111 cm³/mol. The summed E-state index contributed by atoms with van der Waals surface area (Å²) in [5, 5.41) is 3.62. The quantitative estimate of drug-likeness (QED) is 0.414. The topological polar surface area (TPSA) is 102 Å². The van der Waals surface area contributed by atoms with Crippen LogP contribution in [-0.4, -0.2) is 41.3 Å². The number of sulfone groups is 1. The van der Waals surface area contributed by atoms with Crippen molar-refractivity contribution in [2.45, 2.75) is 23.4 Å². The Hall–Kier alpha value is -1.56. The molecule has 0 unspecified atom stereocenters. The summed E-state index contributed by atoms with van der Waals surface area (Å²) in [6.07, 6.45) is 3.68. The Morgan fingerprint density at radius 3 is 2.81 bits per heavy atom. The fraction of sp³-hybridized carbons (Fsp3) is 0.250. The number of nitrogens with zero attached hydrogens (tertiary/aromatic N) is 3. The highest BCUT2D eigenvalue weighted by Crippen LogP contribution is 2.29. The SMILES string of the molecule is CCCSc1ncc(Br)c(C(=O)Nc2nc3ccc(S(C)(=O)=O)cc3s2)n1. The number of thiazole rings is 1. The zero-order chi connectivity index (χ0) is 19.6. The second kappa shape index (κ2) is 8.21. The first-order valence-corrected chi connectivity index (χ1v) is 12.3. The van der Waals surface area contributed by atoms with E-state index in [1.54, 1.807) is 18.3 Å². The van der Waals surface area contributed by atoms with Crippen molar-refractivity contribution in [2.24, 2.45) is 0 Å². The molecule has 0 aliphatic heterocycles. The van der Waals surface area contributed by atoms with Crippen molar-refractivity contribution in [1.29, 1.82) is 0 Å². The van der Waals surface area contributed by atoms with Gasteiger partial charge in [-0.15, -0.1) is 0 Å². The molecule has 0 saturated heterocycles. The Bertz CT molecular complexity index is 1120. The second-order valence-corrected chi connectivity index (χ2v) is 10.5. The third-order valence-corrected chi connectivity index (χ3v) is 7.07. The summed E-state index contributed by atoms with van der Waals surface area (Å²) >= 11 is 5.98. The average molecular weight is 487 g/mol. The van der Waals surface area contributed by atoms with E-state index in [9.17, 15) is 13.2 Å². The molecule has 1 amide bonds. The first-order valence-electron chi connectivity index (χ1n) is 7.85. The zero-order valence-corrected chi connectivity index (χ0v) is 18.4. The summed E-state index contributed by atoms with van der Waals surface area (Å²) in [7, 11) is -3.30. The lowest BCUT2D eigenvalue weighted by molar-refractivity contribution is 0.102. The van der Waals surface area contributed by atoms with Gasteiger partial charge in [0.15, 0.2) is 20.1 Å². The van der Waals surface area contributed by atoms with Crippen LogP contribution in [0.1, 0.15) is 23.8 Å². The molecule has 0 aliphatic rings. The van der Waals surface area contributed by atoms with Gasteiger partial charge in [-0.1, -0.05) is 30.0 Å². The summed E-state index contributed by atoms with van der Waals surface area (Å²) in [5.74, 6) is 0.452. The van der Waals surface area contributed by atoms with Crippen LogP contribution in [0.15, 0.2) is 38.9 Å². The van der Waals surface area contributed by atoms with Crippen molar-refractivity contribution in [3.8, 4) is 0 Å². The number of thioether (sulfide) groups is 1. The molecule has 0 bridgehead atoms. The number of benzene rings is 1. The standard InChI is InChI=1S/C16H15BrN4O3S3/c1-3-6-25-15-18-8-10(17)13(20-15)14(22)21-16-19-11-5-4-9(27(2,23)24)7-12(11)26-16/h4-5,7-8H,3,6H2,1-2H3,(H,19,21,22). The van der Waals surface area contributed by atoms with Crippen LogP contribution >= 0.6 is 39.0 Å². The van der Waals surface area contributed by atoms with Crippen LogP contribution in [0.25, 0.3) is 10.2 Å². The van der Waals surface area contributed by atoms with Crippen molar-refractivity contribution in [2.75, 3.05) is 17.3 Å². The summed E-state index contributed by atoms with van der Waals surface area (Å²) in [6, 6.07) is 4.68. The van der Waals surface area contributed by atoms with Crippen LogP contribution in [0.2, 0.25) is 0 Å². The smallest absolute Gasteiger partial charge is 0.277 e. The number of hydrogen-bond donors (Lipinski definition) is 1. The lowest BCUT2D eigenvalue weighted by Crippen LogP contribution is -2.15. The molecule has 3 rings (SSSR count). The lowest BCUT2D eigenvalue weighted by atomic mass is 10.3. The van der Waals surface area contributed by atoms with Crippen LogP contribution in [0, 0.1) is 0 Å². The number of fused-ring (bicyclic) bond motifs is 1. The molecular formula is C16H15BrN4O3S3. The maximum atomic E-state index is 12.6. The molecule has 11 heteroatoms. The number of nitrogens with one attached hydrogen (secondary N) is 1. The third-order valence-electron chi connectivity index (χ3n) is 3.38. The number of halogens is 1. The molecule has 142 valence electrons. The molecule has 2 heterocycles. The second-order valence-electron chi connectivity index (χ2n) is 5.57. The molecule has 7 nitrogen and oxygen atoms in total. The third kappa shape index (κ3) is 4.84. The van der Waals surface area contributed by atoms with Crippen LogP contribution in [0.3, 0.4) is 0 Å². The number of rotatable bonds is 6. The molecule has 0 atom stereocenters. The van der Waals surface area contributed by atoms with Crippen molar-refractivity contribution in [1.82, 2.24) is 15.0 Å². The van der Waals surface area contributed by atoms with E-state index in [2.05, 4.69) is 43.1 Å². The molecule has 3 aromatic rings. The summed E-state index contributed by atoms with van der Waals surface area (Å²) < 4.78 is 24.5. The van der Waals surface area contributed by atoms with Gasteiger partial charge >= 0.3 is 0 Å². The molecular weight excluding hydrogens is 472 g/mol. The van der Waals surface area contributed by atoms with Crippen molar-refractivity contribution >= 4 is 70.1 Å². The normalized spacial score (nSPS) is 11.7. The molecule has 2 aromatic heterocycles. The van der Waals surface area contributed by atoms with Gasteiger partial charge in [-0.3, -0.25) is 10.1 Å². The van der Waals surface area contributed by atoms with Crippen molar-refractivity contribution in [3.63, 3.8) is 0 Å². The highest BCUT2D eigenvalue weighted by atomic mass is 79.9. The monoisotopic (exact) mass is 486 g/mol. The van der Waals surface area contributed by atoms with E-state index in [1.165, 1.54) is 29.2 Å². The first-order chi connectivity index (χ1) is 12.8. The van der Waals surface area contributed by atoms with E-state index in [0.29, 0.717) is 25.0 Å². The first kappa shape index (κ1) is 20.2. The molecule has 0 fully saturated rings. The van der Waals surface area contributed by atoms with Crippen LogP contribution < -0.4 is 5.32 Å². The lowest BCUT2D eigenvalue weighted by Gasteiger charge is -2.05. The molecule has 1 N–H and O–H groups in total. The van der Waals surface area contributed by atoms with Crippen molar-refractivity contribution in [3.05, 3.63) is 34.6 Å². The van der Waals surface area contributed by atoms with Gasteiger partial charge in [-0.2, -0.15) is 0 Å². The van der Waals surface area contributed by atoms with Gasteiger partial charge in [-0.25, -0.2) is 23.4 Å². The van der Waals surface area contributed by atoms with Gasteiger partial charge in [0.25, 0.3) is 5.91 Å². The van der Waals surface area contributed by atoms with Crippen LogP contribution in [0.4, 0.5) is 5.13 Å². The minimum absolute atomic E-state index is 0.215. The van der Waals surface area contributed by atoms with E-state index in [0.717, 1.165) is 18.4 Å². The minimum Gasteiger partial charge on any atom is -0.296 e. The Morgan fingerprint density at radius 2 is 2.11 bits per heavy atom. The molecule has 0 aliphatic carbocycles. The Kier molecular flexibility index (Phi) is 6.14. The number of anilines is 1. The Labute approximate surface area is 173 Å². The van der Waals surface area contributed by atoms with E-state index in [4.69, 9.17) is 0 Å². The Morgan fingerprint density at radius 1 is 1.33 bits per heavy atom. The summed E-state index contributed by atoms with van der Waals surface area (Å²) in [5.41, 5.74) is 0.836. The number of hydrogen-bond acceptors (Lipinski definition) is 8. The van der Waals surface area contributed by atoms with Gasteiger partial charge in [-0.05, 0) is 40.5 Å². The summed E-state index contributed by atoms with van der Waals surface area (Å²) in [4.78, 5) is 25.6. The van der Waals surface area contributed by atoms with Crippen molar-refractivity contribution < 1.29 is 13.2 Å². The zero-order valence-electron chi connectivity index (χ0n) is 14.4. The molecule has 1 aromatic carbocycles. The largest absolute Gasteiger partial charge is 0.296 e. The Balaban J connectivity index is 1.85. The average Bonchev–Trinajstić information content (AvgIpc) is 3.01. The highest BCUT2D eigenvalue weighted by molar-refractivity contribution is 9.10. The number of carbonyl (C=O) groups excluding carboxylic acids is 1. The fourth-order valence-electron chi connectivity index (χ4n) is 2.12. The van der Waals surface area contributed by atoms with Gasteiger partial charge in [0.1, 0.15) is 5.69 Å². The summed E-state index contributed by atoms with van der Waals surface area (Å²) in [6.45, 7) is 2.06.